The predicted octanol–water partition coefficient (Wildman–Crippen LogP) is 1.20. The first-order valence-electron chi connectivity index (χ1n) is 8.34. The molecule has 0 aliphatic carbocycles. The van der Waals surface area contributed by atoms with Gasteiger partial charge in [-0.15, -0.1) is 0 Å². The second kappa shape index (κ2) is 7.12. The first-order valence-corrected chi connectivity index (χ1v) is 8.34. The zero-order valence-electron chi connectivity index (χ0n) is 14.1. The van der Waals surface area contributed by atoms with Gasteiger partial charge in [-0.3, -0.25) is 9.48 Å². The summed E-state index contributed by atoms with van der Waals surface area (Å²) in [6, 6.07) is 2.08. The van der Waals surface area contributed by atoms with Crippen LogP contribution in [0.3, 0.4) is 0 Å². The topological polar surface area (TPSA) is 99.9 Å². The molecule has 0 unspecified atom stereocenters. The van der Waals surface area contributed by atoms with E-state index in [0.29, 0.717) is 0 Å². The molecule has 1 fully saturated rings. The molecule has 3 rings (SSSR count). The summed E-state index contributed by atoms with van der Waals surface area (Å²) in [4.78, 5) is 13.5. The van der Waals surface area contributed by atoms with Gasteiger partial charge in [0, 0.05) is 31.2 Å². The molecule has 130 valence electrons. The molecule has 2 N–H and O–H groups in total. The van der Waals surface area contributed by atoms with Gasteiger partial charge >= 0.3 is 5.97 Å². The van der Waals surface area contributed by atoms with Crippen LogP contribution in [0.1, 0.15) is 35.8 Å². The van der Waals surface area contributed by atoms with Crippen LogP contribution in [0.5, 0.6) is 0 Å². The molecule has 8 nitrogen and oxygen atoms in total. The summed E-state index contributed by atoms with van der Waals surface area (Å²) in [6.45, 7) is 7.52. The number of aromatic amines is 1. The lowest BCUT2D eigenvalue weighted by molar-refractivity contribution is -0.138. The highest BCUT2D eigenvalue weighted by Crippen LogP contribution is 2.33. The maximum atomic E-state index is 11.1. The number of nitrogens with one attached hydrogen (secondary N) is 1. The SMILES string of the molecule is Cc1cc(C)n(CCCN2C[C@@H](CC(=O)O)[C@@H](c3cn[nH]n3)C2)n1. The first-order chi connectivity index (χ1) is 11.5. The Morgan fingerprint density at radius 1 is 1.38 bits per heavy atom. The highest BCUT2D eigenvalue weighted by Gasteiger charge is 2.36. The van der Waals surface area contributed by atoms with Crippen molar-refractivity contribution < 1.29 is 9.90 Å². The van der Waals surface area contributed by atoms with Crippen molar-refractivity contribution in [1.82, 2.24) is 30.1 Å². The Kier molecular flexibility index (Phi) is 4.94. The number of H-pyrrole nitrogens is 1. The smallest absolute Gasteiger partial charge is 0.303 e. The van der Waals surface area contributed by atoms with Gasteiger partial charge in [-0.05, 0) is 38.8 Å². The largest absolute Gasteiger partial charge is 0.481 e. The van der Waals surface area contributed by atoms with E-state index < -0.39 is 5.97 Å². The van der Waals surface area contributed by atoms with Crippen LogP contribution in [0.4, 0.5) is 0 Å². The standard InChI is InChI=1S/C16H24N6O2/c1-11-6-12(2)22(19-11)5-3-4-21-9-13(7-16(23)24)14(10-21)15-8-17-20-18-15/h6,8,13-14H,3-5,7,9-10H2,1-2H3,(H,23,24)(H,17,18,20)/t13-,14+/m1/s1. The Bertz CT molecular complexity index is 681. The Labute approximate surface area is 140 Å². The number of aliphatic carboxylic acids is 1. The van der Waals surface area contributed by atoms with E-state index in [1.165, 1.54) is 5.69 Å². The quantitative estimate of drug-likeness (QED) is 0.790. The number of rotatable bonds is 7. The number of carboxylic acid groups (broad SMARTS) is 1. The van der Waals surface area contributed by atoms with Gasteiger partial charge in [0.25, 0.3) is 0 Å². The minimum absolute atomic E-state index is 0.0845. The van der Waals surface area contributed by atoms with Crippen molar-refractivity contribution in [3.05, 3.63) is 29.3 Å². The molecule has 2 aromatic heterocycles. The summed E-state index contributed by atoms with van der Waals surface area (Å²) in [5.41, 5.74) is 3.08. The average Bonchev–Trinajstić information content (AvgIpc) is 3.20. The van der Waals surface area contributed by atoms with Crippen molar-refractivity contribution >= 4 is 5.97 Å². The van der Waals surface area contributed by atoms with Crippen molar-refractivity contribution in [3.8, 4) is 0 Å². The fourth-order valence-corrected chi connectivity index (χ4v) is 3.64. The van der Waals surface area contributed by atoms with Crippen LogP contribution in [0.2, 0.25) is 0 Å². The molecular formula is C16H24N6O2. The van der Waals surface area contributed by atoms with E-state index in [1.807, 2.05) is 11.6 Å². The van der Waals surface area contributed by atoms with Crippen LogP contribution < -0.4 is 0 Å². The molecule has 1 aliphatic heterocycles. The van der Waals surface area contributed by atoms with Crippen LogP contribution in [0.15, 0.2) is 12.3 Å². The summed E-state index contributed by atoms with van der Waals surface area (Å²) in [5.74, 6) is -0.534. The second-order valence-electron chi connectivity index (χ2n) is 6.62. The predicted molar refractivity (Wildman–Crippen MR) is 87.6 cm³/mol. The Hall–Kier alpha value is -2.22. The van der Waals surface area contributed by atoms with E-state index >= 15 is 0 Å². The van der Waals surface area contributed by atoms with E-state index in [9.17, 15) is 4.79 Å². The number of hydrogen-bond donors (Lipinski definition) is 2. The molecule has 2 aromatic rings. The Balaban J connectivity index is 1.56. The minimum Gasteiger partial charge on any atom is -0.481 e. The number of carboxylic acids is 1. The van der Waals surface area contributed by atoms with Crippen LogP contribution >= 0.6 is 0 Å². The van der Waals surface area contributed by atoms with E-state index in [1.54, 1.807) is 6.20 Å². The normalized spacial score (nSPS) is 21.4. The summed E-state index contributed by atoms with van der Waals surface area (Å²) >= 11 is 0. The molecule has 2 atom stereocenters. The average molecular weight is 332 g/mol. The van der Waals surface area contributed by atoms with Gasteiger partial charge < -0.3 is 10.0 Å². The highest BCUT2D eigenvalue weighted by molar-refractivity contribution is 5.67. The van der Waals surface area contributed by atoms with Gasteiger partial charge in [-0.1, -0.05) is 0 Å². The summed E-state index contributed by atoms with van der Waals surface area (Å²) in [5, 5.41) is 24.3. The number of hydrogen-bond acceptors (Lipinski definition) is 5. The molecule has 3 heterocycles. The van der Waals surface area contributed by atoms with Crippen molar-refractivity contribution in [2.75, 3.05) is 19.6 Å². The number of likely N-dealkylation sites (tertiary alicyclic amines) is 1. The highest BCUT2D eigenvalue weighted by atomic mass is 16.4. The molecular weight excluding hydrogens is 308 g/mol. The van der Waals surface area contributed by atoms with Crippen LogP contribution in [-0.2, 0) is 11.3 Å². The third kappa shape index (κ3) is 3.81. The summed E-state index contributed by atoms with van der Waals surface area (Å²) in [6.07, 6.45) is 2.87. The monoisotopic (exact) mass is 332 g/mol. The number of aromatic nitrogens is 5. The van der Waals surface area contributed by atoms with Gasteiger partial charge in [0.1, 0.15) is 0 Å². The van der Waals surface area contributed by atoms with Gasteiger partial charge in [-0.2, -0.15) is 20.5 Å². The molecule has 0 amide bonds. The number of carbonyl (C=O) groups is 1. The van der Waals surface area contributed by atoms with E-state index in [-0.39, 0.29) is 18.3 Å². The molecule has 8 heteroatoms. The zero-order valence-corrected chi connectivity index (χ0v) is 14.1. The number of aryl methyl sites for hydroxylation is 3. The lowest BCUT2D eigenvalue weighted by Crippen LogP contribution is -2.24. The van der Waals surface area contributed by atoms with Crippen molar-refractivity contribution in [1.29, 1.82) is 0 Å². The maximum absolute atomic E-state index is 11.1. The van der Waals surface area contributed by atoms with E-state index in [0.717, 1.165) is 44.0 Å². The van der Waals surface area contributed by atoms with Crippen LogP contribution in [0.25, 0.3) is 0 Å². The van der Waals surface area contributed by atoms with Gasteiger partial charge in [0.05, 0.1) is 24.0 Å². The van der Waals surface area contributed by atoms with Crippen molar-refractivity contribution in [2.24, 2.45) is 5.92 Å². The zero-order chi connectivity index (χ0) is 17.1. The minimum atomic E-state index is -0.752. The van der Waals surface area contributed by atoms with E-state index in [4.69, 9.17) is 5.11 Å². The lowest BCUT2D eigenvalue weighted by Gasteiger charge is -2.15. The molecule has 1 aliphatic rings. The molecule has 0 spiro atoms. The molecule has 0 saturated carbocycles. The molecule has 0 bridgehead atoms. The summed E-state index contributed by atoms with van der Waals surface area (Å²) < 4.78 is 2.04. The number of nitrogens with zero attached hydrogens (tertiary/aromatic N) is 5. The third-order valence-electron chi connectivity index (χ3n) is 4.71. The molecule has 1 saturated heterocycles. The van der Waals surface area contributed by atoms with Crippen molar-refractivity contribution in [2.45, 2.75) is 39.2 Å². The van der Waals surface area contributed by atoms with Gasteiger partial charge in [0.15, 0.2) is 0 Å². The first kappa shape index (κ1) is 16.6. The third-order valence-corrected chi connectivity index (χ3v) is 4.71. The van der Waals surface area contributed by atoms with E-state index in [2.05, 4.69) is 38.4 Å². The Morgan fingerprint density at radius 2 is 2.21 bits per heavy atom. The van der Waals surface area contributed by atoms with Crippen molar-refractivity contribution in [3.63, 3.8) is 0 Å². The van der Waals surface area contributed by atoms with Gasteiger partial charge in [-0.25, -0.2) is 0 Å². The molecule has 0 aromatic carbocycles. The summed E-state index contributed by atoms with van der Waals surface area (Å²) in [7, 11) is 0. The van der Waals surface area contributed by atoms with Crippen LogP contribution in [-0.4, -0.2) is 60.8 Å². The van der Waals surface area contributed by atoms with Crippen LogP contribution in [0, 0.1) is 19.8 Å². The fraction of sp³-hybridized carbons (Fsp3) is 0.625. The lowest BCUT2D eigenvalue weighted by atomic mass is 9.91. The molecule has 24 heavy (non-hydrogen) atoms. The Morgan fingerprint density at radius 3 is 2.83 bits per heavy atom. The molecule has 0 radical (unpaired) electrons. The van der Waals surface area contributed by atoms with Gasteiger partial charge in [0.2, 0.25) is 0 Å². The second-order valence-corrected chi connectivity index (χ2v) is 6.62. The fourth-order valence-electron chi connectivity index (χ4n) is 3.64. The maximum Gasteiger partial charge on any atom is 0.303 e.